The third-order valence-corrected chi connectivity index (χ3v) is 9.72. The first-order valence-electron chi connectivity index (χ1n) is 13.4. The lowest BCUT2D eigenvalue weighted by Gasteiger charge is -2.24. The molecule has 1 aliphatic rings. The Hall–Kier alpha value is -4.15. The molecule has 0 radical (unpaired) electrons. The molecule has 1 atom stereocenters. The zero-order chi connectivity index (χ0) is 30.2. The fourth-order valence-corrected chi connectivity index (χ4v) is 6.67. The van der Waals surface area contributed by atoms with Crippen LogP contribution in [0.1, 0.15) is 40.9 Å². The van der Waals surface area contributed by atoms with Gasteiger partial charge in [0.25, 0.3) is 21.5 Å². The number of rotatable bonds is 7. The number of nitrogens with zero attached hydrogens (tertiary/aromatic N) is 3. The lowest BCUT2D eigenvalue weighted by molar-refractivity contribution is 0.0935. The van der Waals surface area contributed by atoms with E-state index in [4.69, 9.17) is 11.6 Å². The largest absolute Gasteiger partial charge is 0.349 e. The fraction of sp³-hybridized carbons (Fsp3) is 0.226. The van der Waals surface area contributed by atoms with Gasteiger partial charge in [-0.05, 0) is 79.8 Å². The molecule has 1 aliphatic carbocycles. The number of allylic oxidation sites excluding steroid dienone is 1. The van der Waals surface area contributed by atoms with Crippen molar-refractivity contribution >= 4 is 38.8 Å². The van der Waals surface area contributed by atoms with E-state index in [0.717, 1.165) is 15.4 Å². The first kappa shape index (κ1) is 29.3. The number of anilines is 1. The number of hydrogen-bond donors (Lipinski definition) is 1. The smallest absolute Gasteiger partial charge is 0.296 e. The second kappa shape index (κ2) is 11.6. The Kier molecular flexibility index (Phi) is 8.12. The van der Waals surface area contributed by atoms with Gasteiger partial charge in [-0.25, -0.2) is 17.5 Å². The van der Waals surface area contributed by atoms with Crippen LogP contribution in [0.4, 0.5) is 10.1 Å². The van der Waals surface area contributed by atoms with E-state index < -0.39 is 21.5 Å². The van der Waals surface area contributed by atoms with Crippen LogP contribution in [0.3, 0.4) is 0 Å². The summed E-state index contributed by atoms with van der Waals surface area (Å²) < 4.78 is 44.7. The number of aromatic nitrogens is 2. The zero-order valence-electron chi connectivity index (χ0n) is 23.3. The van der Waals surface area contributed by atoms with E-state index in [1.165, 1.54) is 42.1 Å². The molecule has 42 heavy (non-hydrogen) atoms. The van der Waals surface area contributed by atoms with Gasteiger partial charge in [-0.3, -0.25) is 18.6 Å². The third kappa shape index (κ3) is 5.52. The topological polar surface area (TPSA) is 93.4 Å². The molecule has 1 heterocycles. The lowest BCUT2D eigenvalue weighted by atomic mass is 9.90. The van der Waals surface area contributed by atoms with Gasteiger partial charge in [-0.1, -0.05) is 48.0 Å². The number of amides is 1. The molecular formula is C31H30ClFN4O4S. The summed E-state index contributed by atoms with van der Waals surface area (Å²) in [6, 6.07) is 19.0. The molecule has 0 aliphatic heterocycles. The van der Waals surface area contributed by atoms with E-state index in [1.807, 2.05) is 12.1 Å². The van der Waals surface area contributed by atoms with Crippen LogP contribution in [0.5, 0.6) is 0 Å². The van der Waals surface area contributed by atoms with Crippen molar-refractivity contribution in [3.8, 4) is 5.69 Å². The maximum Gasteiger partial charge on any atom is 0.296 e. The Morgan fingerprint density at radius 1 is 1.07 bits per heavy atom. The standard InChI is InChI=1S/C31H30ClFN4O4S/c1-20-29(31(39)37(35(20)2)25-7-5-4-6-8-25)36(3)42(40,41)26-17-18-28(32)27(19-26)30(38)34-24-15-11-22(12-16-24)21-9-13-23(33)14-10-21/h4-11,13-14,17-19,24H,12,15-16H2,1-3H3,(H,34,38). The average Bonchev–Trinajstić information content (AvgIpc) is 3.20. The van der Waals surface area contributed by atoms with Gasteiger partial charge < -0.3 is 5.32 Å². The van der Waals surface area contributed by atoms with Gasteiger partial charge in [0.2, 0.25) is 0 Å². The number of hydrogen-bond acceptors (Lipinski definition) is 4. The third-order valence-electron chi connectivity index (χ3n) is 7.64. The Morgan fingerprint density at radius 3 is 2.40 bits per heavy atom. The average molecular weight is 609 g/mol. The number of sulfonamides is 1. The van der Waals surface area contributed by atoms with E-state index in [1.54, 1.807) is 55.1 Å². The summed E-state index contributed by atoms with van der Waals surface area (Å²) in [6.45, 7) is 1.67. The highest BCUT2D eigenvalue weighted by Gasteiger charge is 2.30. The molecule has 3 aromatic carbocycles. The molecule has 5 rings (SSSR count). The monoisotopic (exact) mass is 608 g/mol. The van der Waals surface area contributed by atoms with Crippen molar-refractivity contribution in [2.45, 2.75) is 37.1 Å². The Balaban J connectivity index is 1.38. The van der Waals surface area contributed by atoms with Crippen LogP contribution in [-0.4, -0.2) is 36.8 Å². The van der Waals surface area contributed by atoms with Gasteiger partial charge >= 0.3 is 0 Å². The van der Waals surface area contributed by atoms with Crippen molar-refractivity contribution in [3.63, 3.8) is 0 Å². The predicted molar refractivity (Wildman–Crippen MR) is 162 cm³/mol. The second-order valence-electron chi connectivity index (χ2n) is 10.2. The minimum Gasteiger partial charge on any atom is -0.349 e. The number of benzene rings is 3. The molecule has 4 aromatic rings. The molecule has 1 unspecified atom stereocenters. The van der Waals surface area contributed by atoms with E-state index in [0.29, 0.717) is 30.6 Å². The number of nitrogens with one attached hydrogen (secondary N) is 1. The van der Waals surface area contributed by atoms with Crippen LogP contribution in [0, 0.1) is 12.7 Å². The molecule has 218 valence electrons. The van der Waals surface area contributed by atoms with Gasteiger partial charge in [0.1, 0.15) is 11.5 Å². The Morgan fingerprint density at radius 2 is 1.76 bits per heavy atom. The number of carbonyl (C=O) groups excluding carboxylic acids is 1. The molecule has 0 fully saturated rings. The molecule has 1 amide bonds. The molecule has 8 nitrogen and oxygen atoms in total. The first-order chi connectivity index (χ1) is 20.0. The van der Waals surface area contributed by atoms with Crippen molar-refractivity contribution in [2.75, 3.05) is 11.4 Å². The SMILES string of the molecule is Cc1c(N(C)S(=O)(=O)c2ccc(Cl)c(C(=O)NC3CC=C(c4ccc(F)cc4)CC3)c2)c(=O)n(-c2ccccc2)n1C. The summed E-state index contributed by atoms with van der Waals surface area (Å²) in [5.74, 6) is -0.790. The minimum absolute atomic E-state index is 0.00624. The van der Waals surface area contributed by atoms with E-state index in [2.05, 4.69) is 5.32 Å². The maximum absolute atomic E-state index is 13.7. The van der Waals surface area contributed by atoms with Crippen molar-refractivity contribution in [1.29, 1.82) is 0 Å². The van der Waals surface area contributed by atoms with E-state index in [-0.39, 0.29) is 33.0 Å². The quantitative estimate of drug-likeness (QED) is 0.301. The summed E-state index contributed by atoms with van der Waals surface area (Å²) in [4.78, 5) is 26.5. The Bertz CT molecular complexity index is 1850. The molecule has 11 heteroatoms. The van der Waals surface area contributed by atoms with Crippen LogP contribution in [-0.2, 0) is 17.1 Å². The van der Waals surface area contributed by atoms with E-state index >= 15 is 0 Å². The molecular weight excluding hydrogens is 579 g/mol. The van der Waals surface area contributed by atoms with Gasteiger partial charge in [-0.15, -0.1) is 0 Å². The highest BCUT2D eigenvalue weighted by Crippen LogP contribution is 2.29. The molecule has 0 saturated heterocycles. The summed E-state index contributed by atoms with van der Waals surface area (Å²) in [5, 5.41) is 3.06. The van der Waals surface area contributed by atoms with Crippen molar-refractivity contribution < 1.29 is 17.6 Å². The second-order valence-corrected chi connectivity index (χ2v) is 12.6. The highest BCUT2D eigenvalue weighted by molar-refractivity contribution is 7.92. The molecule has 1 aromatic heterocycles. The van der Waals surface area contributed by atoms with Gasteiger partial charge in [0.05, 0.1) is 26.9 Å². The summed E-state index contributed by atoms with van der Waals surface area (Å²) in [7, 11) is -1.24. The van der Waals surface area contributed by atoms with Crippen LogP contribution in [0.25, 0.3) is 11.3 Å². The number of para-hydroxylation sites is 1. The zero-order valence-corrected chi connectivity index (χ0v) is 24.9. The predicted octanol–water partition coefficient (Wildman–Crippen LogP) is 5.47. The minimum atomic E-state index is -4.24. The Labute approximate surface area is 248 Å². The molecule has 1 N–H and O–H groups in total. The summed E-state index contributed by atoms with van der Waals surface area (Å²) >= 11 is 6.35. The maximum atomic E-state index is 13.7. The molecule has 0 spiro atoms. The number of halogens is 2. The fourth-order valence-electron chi connectivity index (χ4n) is 5.19. The van der Waals surface area contributed by atoms with Gasteiger partial charge in [0.15, 0.2) is 0 Å². The van der Waals surface area contributed by atoms with Gasteiger partial charge in [-0.2, -0.15) is 0 Å². The van der Waals surface area contributed by atoms with Crippen LogP contribution < -0.4 is 15.2 Å². The highest BCUT2D eigenvalue weighted by atomic mass is 35.5. The van der Waals surface area contributed by atoms with E-state index in [9.17, 15) is 22.4 Å². The molecule has 0 saturated carbocycles. The lowest BCUT2D eigenvalue weighted by Crippen LogP contribution is -2.36. The van der Waals surface area contributed by atoms with Crippen molar-refractivity contribution in [2.24, 2.45) is 7.05 Å². The number of carbonyl (C=O) groups is 1. The van der Waals surface area contributed by atoms with Crippen LogP contribution in [0.15, 0.2) is 88.6 Å². The molecule has 0 bridgehead atoms. The van der Waals surface area contributed by atoms with Gasteiger partial charge in [0, 0.05) is 20.1 Å². The van der Waals surface area contributed by atoms with Crippen molar-refractivity contribution in [3.05, 3.63) is 117 Å². The summed E-state index contributed by atoms with van der Waals surface area (Å²) in [5.41, 5.74) is 2.58. The summed E-state index contributed by atoms with van der Waals surface area (Å²) in [6.07, 6.45) is 3.94. The normalized spacial score (nSPS) is 15.3. The van der Waals surface area contributed by atoms with Crippen molar-refractivity contribution in [1.82, 2.24) is 14.7 Å². The van der Waals surface area contributed by atoms with Crippen LogP contribution >= 0.6 is 11.6 Å². The first-order valence-corrected chi connectivity index (χ1v) is 15.2. The van der Waals surface area contributed by atoms with Crippen LogP contribution in [0.2, 0.25) is 5.02 Å².